The SMILES string of the molecule is COc1ccc(C2(c3ccc(-c4ccc(-c5ccccc5)cc4)cc3)C=Cc3c4c(c5ccccc5c3O2)-c2ccc(C(F)(F)F)cc2C4(C)C)cc1. The molecule has 1 aliphatic carbocycles. The number of benzene rings is 7. The van der Waals surface area contributed by atoms with Crippen LogP contribution >= 0.6 is 0 Å². The monoisotopic (exact) mass is 700 g/mol. The van der Waals surface area contributed by atoms with Crippen molar-refractivity contribution in [2.45, 2.75) is 31.0 Å². The Morgan fingerprint density at radius 2 is 1.15 bits per heavy atom. The molecule has 0 bridgehead atoms. The predicted molar refractivity (Wildman–Crippen MR) is 207 cm³/mol. The van der Waals surface area contributed by atoms with Crippen molar-refractivity contribution in [3.05, 3.63) is 185 Å². The van der Waals surface area contributed by atoms with Gasteiger partial charge in [-0.15, -0.1) is 0 Å². The lowest BCUT2D eigenvalue weighted by molar-refractivity contribution is -0.137. The maximum Gasteiger partial charge on any atom is 0.416 e. The number of alkyl halides is 3. The number of ether oxygens (including phenoxy) is 2. The summed E-state index contributed by atoms with van der Waals surface area (Å²) >= 11 is 0. The first-order valence-corrected chi connectivity index (χ1v) is 17.7. The highest BCUT2D eigenvalue weighted by Gasteiger charge is 2.45. The van der Waals surface area contributed by atoms with E-state index in [0.717, 1.165) is 66.6 Å². The molecular formula is C48H35F3O2. The number of methoxy groups -OCH3 is 1. The molecule has 0 saturated carbocycles. The Morgan fingerprint density at radius 3 is 1.75 bits per heavy atom. The largest absolute Gasteiger partial charge is 0.497 e. The first-order chi connectivity index (χ1) is 25.6. The van der Waals surface area contributed by atoms with Gasteiger partial charge in [-0.2, -0.15) is 13.2 Å². The Morgan fingerprint density at radius 1 is 0.604 bits per heavy atom. The standard InChI is InChI=1S/C48H35F3O2/c1-46(2)42-29-36(48(49,50)51)23-26-40(42)43-38-11-7-8-12-39(38)45-41(44(43)46)27-28-47(53-45,35-21-24-37(52-3)25-22-35)34-19-17-33(18-20-34)32-15-13-31(14-16-32)30-9-5-4-6-10-30/h4-29H,1-3H3. The molecular weight excluding hydrogens is 666 g/mol. The number of rotatable bonds is 5. The lowest BCUT2D eigenvalue weighted by Crippen LogP contribution is -2.35. The maximum atomic E-state index is 14.0. The minimum Gasteiger partial charge on any atom is -0.497 e. The smallest absolute Gasteiger partial charge is 0.416 e. The molecule has 0 N–H and O–H groups in total. The van der Waals surface area contributed by atoms with Gasteiger partial charge in [0.05, 0.1) is 12.7 Å². The molecule has 0 aromatic heterocycles. The van der Waals surface area contributed by atoms with Gasteiger partial charge in [0.1, 0.15) is 11.5 Å². The average molecular weight is 701 g/mol. The highest BCUT2D eigenvalue weighted by Crippen LogP contribution is 2.58. The summed E-state index contributed by atoms with van der Waals surface area (Å²) in [7, 11) is 1.65. The molecule has 0 spiro atoms. The summed E-state index contributed by atoms with van der Waals surface area (Å²) in [6.45, 7) is 4.02. The molecule has 0 radical (unpaired) electrons. The van der Waals surface area contributed by atoms with Crippen molar-refractivity contribution in [3.8, 4) is 44.9 Å². The Bertz CT molecular complexity index is 2550. The van der Waals surface area contributed by atoms with Crippen LogP contribution in [0.1, 0.15) is 47.2 Å². The molecule has 2 nitrogen and oxygen atoms in total. The van der Waals surface area contributed by atoms with E-state index in [1.807, 2.05) is 80.6 Å². The predicted octanol–water partition coefficient (Wildman–Crippen LogP) is 12.9. The molecule has 260 valence electrons. The van der Waals surface area contributed by atoms with Crippen LogP contribution in [-0.2, 0) is 17.2 Å². The summed E-state index contributed by atoms with van der Waals surface area (Å²) in [4.78, 5) is 0. The molecule has 1 heterocycles. The molecule has 2 aliphatic rings. The van der Waals surface area contributed by atoms with Gasteiger partial charge in [0, 0.05) is 27.5 Å². The molecule has 1 aliphatic heterocycles. The van der Waals surface area contributed by atoms with Crippen molar-refractivity contribution in [3.63, 3.8) is 0 Å². The minimum atomic E-state index is -4.44. The molecule has 7 aromatic carbocycles. The number of fused-ring (bicyclic) bond motifs is 8. The molecule has 5 heteroatoms. The number of halogens is 3. The van der Waals surface area contributed by atoms with Crippen LogP contribution in [0.25, 0.3) is 50.2 Å². The minimum absolute atomic E-state index is 0.642. The Hall–Kier alpha value is -6.07. The van der Waals surface area contributed by atoms with E-state index < -0.39 is 22.8 Å². The van der Waals surface area contributed by atoms with E-state index in [4.69, 9.17) is 9.47 Å². The van der Waals surface area contributed by atoms with Gasteiger partial charge in [-0.1, -0.05) is 141 Å². The van der Waals surface area contributed by atoms with Crippen LogP contribution in [0.15, 0.2) is 152 Å². The lowest BCUT2D eigenvalue weighted by atomic mass is 9.76. The Labute approximate surface area is 306 Å². The third-order valence-electron chi connectivity index (χ3n) is 11.0. The van der Waals surface area contributed by atoms with Gasteiger partial charge in [0.25, 0.3) is 0 Å². The van der Waals surface area contributed by atoms with E-state index in [-0.39, 0.29) is 0 Å². The quantitative estimate of drug-likeness (QED) is 0.178. The van der Waals surface area contributed by atoms with Gasteiger partial charge >= 0.3 is 6.18 Å². The third kappa shape index (κ3) is 5.17. The van der Waals surface area contributed by atoms with Gasteiger partial charge in [0.2, 0.25) is 0 Å². The summed E-state index contributed by atoms with van der Waals surface area (Å²) in [6, 6.07) is 47.5. The van der Waals surface area contributed by atoms with Crippen LogP contribution in [0, 0.1) is 0 Å². The molecule has 1 atom stereocenters. The van der Waals surface area contributed by atoms with Crippen LogP contribution in [-0.4, -0.2) is 7.11 Å². The maximum absolute atomic E-state index is 14.0. The molecule has 0 amide bonds. The molecule has 1 unspecified atom stereocenters. The van der Waals surface area contributed by atoms with Crippen molar-refractivity contribution < 1.29 is 22.6 Å². The molecule has 9 rings (SSSR count). The Kier molecular flexibility index (Phi) is 7.42. The zero-order chi connectivity index (χ0) is 36.5. The first kappa shape index (κ1) is 32.8. The van der Waals surface area contributed by atoms with E-state index in [0.29, 0.717) is 11.3 Å². The second-order valence-electron chi connectivity index (χ2n) is 14.3. The van der Waals surface area contributed by atoms with E-state index in [1.54, 1.807) is 13.2 Å². The Balaban J connectivity index is 1.19. The zero-order valence-electron chi connectivity index (χ0n) is 29.5. The lowest BCUT2D eigenvalue weighted by Gasteiger charge is -2.38. The van der Waals surface area contributed by atoms with E-state index in [9.17, 15) is 13.2 Å². The second kappa shape index (κ2) is 12.0. The first-order valence-electron chi connectivity index (χ1n) is 17.7. The fourth-order valence-corrected chi connectivity index (χ4v) is 8.32. The van der Waals surface area contributed by atoms with Crippen LogP contribution < -0.4 is 9.47 Å². The van der Waals surface area contributed by atoms with Gasteiger partial charge in [-0.05, 0) is 80.2 Å². The van der Waals surface area contributed by atoms with Gasteiger partial charge in [0.15, 0.2) is 5.60 Å². The van der Waals surface area contributed by atoms with E-state index >= 15 is 0 Å². The number of hydrogen-bond donors (Lipinski definition) is 0. The van der Waals surface area contributed by atoms with Gasteiger partial charge in [-0.3, -0.25) is 0 Å². The van der Waals surface area contributed by atoms with Crippen molar-refractivity contribution in [1.29, 1.82) is 0 Å². The van der Waals surface area contributed by atoms with Gasteiger partial charge < -0.3 is 9.47 Å². The van der Waals surface area contributed by atoms with Crippen molar-refractivity contribution in [1.82, 2.24) is 0 Å². The molecule has 7 aromatic rings. The van der Waals surface area contributed by atoms with Crippen LogP contribution in [0.3, 0.4) is 0 Å². The van der Waals surface area contributed by atoms with Crippen LogP contribution in [0.4, 0.5) is 13.2 Å². The fourth-order valence-electron chi connectivity index (χ4n) is 8.32. The molecule has 0 fully saturated rings. The highest BCUT2D eigenvalue weighted by molar-refractivity contribution is 6.08. The van der Waals surface area contributed by atoms with Crippen LogP contribution in [0.5, 0.6) is 11.5 Å². The third-order valence-corrected chi connectivity index (χ3v) is 11.0. The topological polar surface area (TPSA) is 18.5 Å². The normalized spacial score (nSPS) is 16.8. The van der Waals surface area contributed by atoms with E-state index in [1.165, 1.54) is 17.7 Å². The molecule has 0 saturated heterocycles. The number of hydrogen-bond acceptors (Lipinski definition) is 2. The zero-order valence-corrected chi connectivity index (χ0v) is 29.5. The summed E-state index contributed by atoms with van der Waals surface area (Å²) in [5.74, 6) is 1.44. The van der Waals surface area contributed by atoms with Crippen LogP contribution in [0.2, 0.25) is 0 Å². The summed E-state index contributed by atoms with van der Waals surface area (Å²) in [5, 5.41) is 1.85. The second-order valence-corrected chi connectivity index (χ2v) is 14.3. The van der Waals surface area contributed by atoms with Gasteiger partial charge in [-0.25, -0.2) is 0 Å². The summed E-state index contributed by atoms with van der Waals surface area (Å²) in [5.41, 5.74) is 8.31. The molecule has 53 heavy (non-hydrogen) atoms. The van der Waals surface area contributed by atoms with Crippen molar-refractivity contribution >= 4 is 16.8 Å². The summed E-state index contributed by atoms with van der Waals surface area (Å²) in [6.07, 6.45) is -0.234. The summed E-state index contributed by atoms with van der Waals surface area (Å²) < 4.78 is 54.8. The highest BCUT2D eigenvalue weighted by atomic mass is 19.4. The average Bonchev–Trinajstić information content (AvgIpc) is 3.44. The van der Waals surface area contributed by atoms with Crippen molar-refractivity contribution in [2.24, 2.45) is 0 Å². The van der Waals surface area contributed by atoms with E-state index in [2.05, 4.69) is 72.8 Å². The van der Waals surface area contributed by atoms with Crippen molar-refractivity contribution in [2.75, 3.05) is 7.11 Å². The fraction of sp³-hybridized carbons (Fsp3) is 0.125.